The van der Waals surface area contributed by atoms with Crippen molar-refractivity contribution in [3.8, 4) is 27.6 Å². The van der Waals surface area contributed by atoms with Crippen LogP contribution in [-0.4, -0.2) is 50.5 Å². The number of carbonyl (C=O) groups is 1. The largest absolute Gasteiger partial charge is 0.493 e. The Balaban J connectivity index is 1.15. The third-order valence-corrected chi connectivity index (χ3v) is 12.3. The van der Waals surface area contributed by atoms with Crippen LogP contribution >= 0.6 is 11.3 Å². The maximum absolute atomic E-state index is 15.7. The van der Waals surface area contributed by atoms with E-state index in [0.29, 0.717) is 68.3 Å². The second-order valence-corrected chi connectivity index (χ2v) is 15.2. The topological polar surface area (TPSA) is 126 Å². The summed E-state index contributed by atoms with van der Waals surface area (Å²) in [5, 5.41) is 10.1. The molecule has 53 heavy (non-hydrogen) atoms. The molecule has 268 valence electrons. The number of carbonyl (C=O) groups excluding carboxylic acids is 1. The van der Waals surface area contributed by atoms with Gasteiger partial charge in [-0.25, -0.2) is 32.4 Å². The molecule has 1 amide bonds. The van der Waals surface area contributed by atoms with Crippen molar-refractivity contribution in [1.82, 2.24) is 25.1 Å². The predicted molar refractivity (Wildman–Crippen MR) is 186 cm³/mol. The van der Waals surface area contributed by atoms with Crippen molar-refractivity contribution < 1.29 is 31.5 Å². The predicted octanol–water partition coefficient (Wildman–Crippen LogP) is 7.19. The van der Waals surface area contributed by atoms with Crippen LogP contribution in [0.15, 0.2) is 63.9 Å². The molecule has 6 aromatic rings. The Morgan fingerprint density at radius 3 is 2.62 bits per heavy atom. The lowest BCUT2D eigenvalue weighted by Gasteiger charge is -2.37. The molecule has 2 saturated heterocycles. The molecular weight excluding hydrogens is 713 g/mol. The Labute approximate surface area is 301 Å². The van der Waals surface area contributed by atoms with E-state index in [9.17, 15) is 18.4 Å². The van der Waals surface area contributed by atoms with E-state index in [2.05, 4.69) is 20.5 Å². The second kappa shape index (κ2) is 11.2. The molecule has 2 aliphatic carbocycles. The zero-order valence-electron chi connectivity index (χ0n) is 27.9. The third-order valence-electron chi connectivity index (χ3n) is 11.2. The zero-order valence-corrected chi connectivity index (χ0v) is 28.8. The van der Waals surface area contributed by atoms with Crippen molar-refractivity contribution in [2.45, 2.75) is 49.6 Å². The number of alkyl halides is 2. The molecule has 3 aliphatic heterocycles. The standard InChI is InChI=1S/C38H28F4N6O4S/c1-51-29-22-15-38(41,42)31(21(22)7-8-23(29)40)45-33-30-19(10-11-43-33)12-25(53-30)27-26(34-46-47-36(50)52-34)24(9-4-17-2-5-20(39)6-3-17)44-32-28(27)35(49)48-16-18-13-37(32,48)14-18/h2-3,5-8,10-12,18,31H,4,9,13-16H2,1H3,(H,43,45)(H,47,50)/t18?,31-,37?/m1/s1. The van der Waals surface area contributed by atoms with E-state index < -0.39 is 35.5 Å². The average Bonchev–Trinajstić information content (AvgIpc) is 3.96. The fourth-order valence-electron chi connectivity index (χ4n) is 8.86. The minimum absolute atomic E-state index is 0.0458. The van der Waals surface area contributed by atoms with Gasteiger partial charge in [0.1, 0.15) is 17.7 Å². The highest BCUT2D eigenvalue weighted by molar-refractivity contribution is 7.23. The molecule has 3 fully saturated rings. The minimum atomic E-state index is -3.29. The summed E-state index contributed by atoms with van der Waals surface area (Å²) in [5.74, 6) is -5.01. The number of hydrogen-bond acceptors (Lipinski definition) is 9. The molecule has 1 spiro atoms. The van der Waals surface area contributed by atoms with Gasteiger partial charge in [-0.05, 0) is 78.4 Å². The van der Waals surface area contributed by atoms with Gasteiger partial charge in [0.15, 0.2) is 11.6 Å². The number of rotatable bonds is 8. The maximum atomic E-state index is 15.7. The average molecular weight is 741 g/mol. The van der Waals surface area contributed by atoms with E-state index in [1.54, 1.807) is 18.2 Å². The van der Waals surface area contributed by atoms with Crippen LogP contribution in [-0.2, 0) is 24.8 Å². The summed E-state index contributed by atoms with van der Waals surface area (Å²) >= 11 is 1.25. The number of aromatic nitrogens is 4. The SMILES string of the molecule is COc1c(F)ccc2c1CC(F)(F)[C@@H]2Nc1nccc2cc(-c3c4c(nc(CCc5ccc(F)cc5)c3-c3n[nH]c(=O)o3)C35CC(CN3C4=O)C5)sc12. The number of thiophene rings is 1. The van der Waals surface area contributed by atoms with Gasteiger partial charge in [0.05, 0.1) is 39.9 Å². The monoisotopic (exact) mass is 740 g/mol. The van der Waals surface area contributed by atoms with Gasteiger partial charge < -0.3 is 19.4 Å². The molecule has 11 rings (SSSR count). The van der Waals surface area contributed by atoms with Crippen LogP contribution in [0.2, 0.25) is 0 Å². The Hall–Kier alpha value is -5.57. The maximum Gasteiger partial charge on any atom is 0.434 e. The quantitative estimate of drug-likeness (QED) is 0.157. The molecule has 2 bridgehead atoms. The van der Waals surface area contributed by atoms with Crippen LogP contribution in [0.3, 0.4) is 0 Å². The van der Waals surface area contributed by atoms with E-state index in [-0.39, 0.29) is 40.3 Å². The smallest absolute Gasteiger partial charge is 0.434 e. The number of pyridine rings is 2. The number of H-pyrrole nitrogens is 1. The first kappa shape index (κ1) is 32.1. The van der Waals surface area contributed by atoms with Gasteiger partial charge in [-0.2, -0.15) is 0 Å². The Morgan fingerprint density at radius 2 is 1.87 bits per heavy atom. The number of nitrogens with one attached hydrogen (secondary N) is 2. The van der Waals surface area contributed by atoms with Crippen LogP contribution in [0.25, 0.3) is 32.0 Å². The molecule has 0 unspecified atom stereocenters. The van der Waals surface area contributed by atoms with E-state index in [4.69, 9.17) is 14.1 Å². The highest BCUT2D eigenvalue weighted by Crippen LogP contribution is 2.63. The summed E-state index contributed by atoms with van der Waals surface area (Å²) in [6.45, 7) is 0.614. The molecule has 4 aromatic heterocycles. The normalized spacial score (nSPS) is 21.8. The fraction of sp³-hybridized carbons (Fsp3) is 0.289. The van der Waals surface area contributed by atoms with Crippen molar-refractivity contribution in [2.75, 3.05) is 19.0 Å². The number of halogens is 4. The second-order valence-electron chi connectivity index (χ2n) is 14.2. The number of benzene rings is 2. The lowest BCUT2D eigenvalue weighted by atomic mass is 9.71. The Bertz CT molecular complexity index is 2580. The van der Waals surface area contributed by atoms with E-state index in [0.717, 1.165) is 24.5 Å². The third kappa shape index (κ3) is 4.65. The summed E-state index contributed by atoms with van der Waals surface area (Å²) in [6, 6.07) is 10.7. The number of fused-ring (bicyclic) bond motifs is 3. The van der Waals surface area contributed by atoms with Gasteiger partial charge in [0.2, 0.25) is 0 Å². The highest BCUT2D eigenvalue weighted by atomic mass is 32.1. The molecule has 7 heterocycles. The van der Waals surface area contributed by atoms with Gasteiger partial charge >= 0.3 is 5.76 Å². The number of methoxy groups -OCH3 is 1. The van der Waals surface area contributed by atoms with Crippen molar-refractivity contribution in [2.24, 2.45) is 5.92 Å². The summed E-state index contributed by atoms with van der Waals surface area (Å²) in [7, 11) is 1.25. The van der Waals surface area contributed by atoms with Crippen molar-refractivity contribution in [3.63, 3.8) is 0 Å². The minimum Gasteiger partial charge on any atom is -0.493 e. The molecule has 1 atom stereocenters. The highest BCUT2D eigenvalue weighted by Gasteiger charge is 2.65. The molecule has 10 nitrogen and oxygen atoms in total. The van der Waals surface area contributed by atoms with Crippen LogP contribution in [0.1, 0.15) is 57.3 Å². The number of hydrogen-bond donors (Lipinski definition) is 2. The Kier molecular flexibility index (Phi) is 6.80. The molecule has 2 aromatic carbocycles. The van der Waals surface area contributed by atoms with Crippen molar-refractivity contribution in [1.29, 1.82) is 0 Å². The first-order valence-electron chi connectivity index (χ1n) is 17.1. The van der Waals surface area contributed by atoms with Crippen LogP contribution in [0.5, 0.6) is 5.75 Å². The molecule has 5 aliphatic rings. The van der Waals surface area contributed by atoms with Gasteiger partial charge in [-0.15, -0.1) is 16.4 Å². The molecule has 2 N–H and O–H groups in total. The first-order valence-corrected chi connectivity index (χ1v) is 17.9. The molecule has 15 heteroatoms. The number of anilines is 1. The Morgan fingerprint density at radius 1 is 1.06 bits per heavy atom. The molecular formula is C38H28F4N6O4S. The number of aryl methyl sites for hydroxylation is 2. The van der Waals surface area contributed by atoms with E-state index in [1.807, 2.05) is 11.0 Å². The summed E-state index contributed by atoms with van der Waals surface area (Å²) in [6.07, 6.45) is 3.20. The fourth-order valence-corrected chi connectivity index (χ4v) is 10.0. The van der Waals surface area contributed by atoms with Crippen LogP contribution < -0.4 is 15.8 Å². The van der Waals surface area contributed by atoms with E-state index >= 15 is 8.78 Å². The lowest BCUT2D eigenvalue weighted by molar-refractivity contribution is -0.00736. The van der Waals surface area contributed by atoms with Gasteiger partial charge in [0.25, 0.3) is 17.7 Å². The lowest BCUT2D eigenvalue weighted by Crippen LogP contribution is -2.40. The van der Waals surface area contributed by atoms with Gasteiger partial charge in [-0.1, -0.05) is 18.2 Å². The summed E-state index contributed by atoms with van der Waals surface area (Å²) in [4.78, 5) is 38.9. The summed E-state index contributed by atoms with van der Waals surface area (Å²) < 4.78 is 70.9. The van der Waals surface area contributed by atoms with E-state index in [1.165, 1.54) is 42.8 Å². The molecule has 0 radical (unpaired) electrons. The first-order chi connectivity index (χ1) is 25.5. The van der Waals surface area contributed by atoms with Crippen molar-refractivity contribution >= 4 is 33.1 Å². The molecule has 1 saturated carbocycles. The van der Waals surface area contributed by atoms with Crippen LogP contribution in [0, 0.1) is 17.6 Å². The number of ether oxygens (including phenoxy) is 1. The van der Waals surface area contributed by atoms with Gasteiger partial charge in [-0.3, -0.25) is 9.78 Å². The zero-order chi connectivity index (χ0) is 36.4. The van der Waals surface area contributed by atoms with Crippen LogP contribution in [0.4, 0.5) is 23.4 Å². The van der Waals surface area contributed by atoms with Crippen molar-refractivity contribution in [3.05, 3.63) is 111 Å². The number of aromatic amines is 1. The summed E-state index contributed by atoms with van der Waals surface area (Å²) in [5.41, 5.74) is 3.10. The number of amides is 1. The number of nitrogens with zero attached hydrogens (tertiary/aromatic N) is 4. The van der Waals surface area contributed by atoms with Gasteiger partial charge in [0, 0.05) is 35.2 Å².